The van der Waals surface area contributed by atoms with E-state index >= 15 is 0 Å². The van der Waals surface area contributed by atoms with Gasteiger partial charge in [-0.2, -0.15) is 0 Å². The van der Waals surface area contributed by atoms with Gasteiger partial charge < -0.3 is 5.32 Å². The summed E-state index contributed by atoms with van der Waals surface area (Å²) in [6, 6.07) is 9.25. The number of carbonyl (C=O) groups excluding carboxylic acids is 1. The Kier molecular flexibility index (Phi) is 4.78. The lowest BCUT2D eigenvalue weighted by Gasteiger charge is -2.09. The van der Waals surface area contributed by atoms with E-state index in [0.29, 0.717) is 17.2 Å². The molecule has 1 amide bonds. The Balaban J connectivity index is 2.17. The first kappa shape index (κ1) is 15.0. The van der Waals surface area contributed by atoms with Crippen molar-refractivity contribution < 1.29 is 4.79 Å². The Morgan fingerprint density at radius 3 is 2.55 bits per heavy atom. The van der Waals surface area contributed by atoms with Crippen LogP contribution in [0.5, 0.6) is 0 Å². The second-order valence-electron chi connectivity index (χ2n) is 4.72. The fraction of sp³-hybridized carbons (Fsp3) is 0.200. The number of nitrogens with zero attached hydrogens (tertiary/aromatic N) is 1. The molecule has 0 bridgehead atoms. The average Bonchev–Trinajstić information content (AvgIpc) is 2.43. The third-order valence-electron chi connectivity index (χ3n) is 2.89. The minimum atomic E-state index is -0.206. The number of amides is 1. The predicted octanol–water partition coefficient (Wildman–Crippen LogP) is 4.87. The van der Waals surface area contributed by atoms with Crippen LogP contribution in [0.2, 0.25) is 5.15 Å². The Morgan fingerprint density at radius 1 is 1.30 bits per heavy atom. The van der Waals surface area contributed by atoms with Crippen LogP contribution < -0.4 is 5.32 Å². The van der Waals surface area contributed by atoms with E-state index in [9.17, 15) is 4.79 Å². The standard InChI is InChI=1S/C15H14BrClN2O/c1-9(2)10-3-5-11(6-4-10)15(20)19-13-7-12(16)8-18-14(13)17/h3-9H,1-2H3,(H,19,20). The van der Waals surface area contributed by atoms with Gasteiger partial charge in [-0.05, 0) is 45.6 Å². The molecule has 0 saturated carbocycles. The largest absolute Gasteiger partial charge is 0.319 e. The molecule has 2 rings (SSSR count). The summed E-state index contributed by atoms with van der Waals surface area (Å²) in [5, 5.41) is 3.02. The number of benzene rings is 1. The Bertz CT molecular complexity index is 626. The molecule has 0 atom stereocenters. The van der Waals surface area contributed by atoms with E-state index in [1.165, 1.54) is 5.56 Å². The molecule has 0 aliphatic rings. The van der Waals surface area contributed by atoms with E-state index in [-0.39, 0.29) is 11.1 Å². The minimum Gasteiger partial charge on any atom is -0.319 e. The summed E-state index contributed by atoms with van der Waals surface area (Å²) in [7, 11) is 0. The third-order valence-corrected chi connectivity index (χ3v) is 3.63. The second kappa shape index (κ2) is 6.37. The van der Waals surface area contributed by atoms with Gasteiger partial charge in [0.15, 0.2) is 5.15 Å². The molecule has 1 aromatic carbocycles. The SMILES string of the molecule is CC(C)c1ccc(C(=O)Nc2cc(Br)cnc2Cl)cc1. The molecule has 0 fully saturated rings. The molecule has 1 heterocycles. The third kappa shape index (κ3) is 3.58. The van der Waals surface area contributed by atoms with Crippen LogP contribution in [-0.2, 0) is 0 Å². The van der Waals surface area contributed by atoms with Crippen molar-refractivity contribution in [2.24, 2.45) is 0 Å². The van der Waals surface area contributed by atoms with E-state index in [4.69, 9.17) is 11.6 Å². The van der Waals surface area contributed by atoms with Crippen LogP contribution in [0.3, 0.4) is 0 Å². The van der Waals surface area contributed by atoms with Gasteiger partial charge in [0, 0.05) is 16.2 Å². The fourth-order valence-corrected chi connectivity index (χ4v) is 2.21. The molecule has 2 aromatic rings. The number of aromatic nitrogens is 1. The molecule has 0 spiro atoms. The number of halogens is 2. The van der Waals surface area contributed by atoms with Crippen LogP contribution in [0.25, 0.3) is 0 Å². The molecule has 1 N–H and O–H groups in total. The summed E-state index contributed by atoms with van der Waals surface area (Å²) in [6.07, 6.45) is 1.58. The lowest BCUT2D eigenvalue weighted by molar-refractivity contribution is 0.102. The van der Waals surface area contributed by atoms with Gasteiger partial charge >= 0.3 is 0 Å². The molecule has 20 heavy (non-hydrogen) atoms. The quantitative estimate of drug-likeness (QED) is 0.800. The number of pyridine rings is 1. The number of nitrogens with one attached hydrogen (secondary N) is 1. The highest BCUT2D eigenvalue weighted by atomic mass is 79.9. The summed E-state index contributed by atoms with van der Waals surface area (Å²) in [4.78, 5) is 16.1. The zero-order chi connectivity index (χ0) is 14.7. The average molecular weight is 354 g/mol. The van der Waals surface area contributed by atoms with Gasteiger partial charge in [0.2, 0.25) is 0 Å². The smallest absolute Gasteiger partial charge is 0.255 e. The molecule has 5 heteroatoms. The molecule has 0 radical (unpaired) electrons. The van der Waals surface area contributed by atoms with Crippen molar-refractivity contribution in [2.45, 2.75) is 19.8 Å². The Hall–Kier alpha value is -1.39. The maximum atomic E-state index is 12.1. The molecule has 1 aromatic heterocycles. The zero-order valence-corrected chi connectivity index (χ0v) is 13.5. The first-order valence-corrected chi connectivity index (χ1v) is 7.37. The summed E-state index contributed by atoms with van der Waals surface area (Å²) < 4.78 is 0.757. The molecule has 0 aliphatic heterocycles. The lowest BCUT2D eigenvalue weighted by Crippen LogP contribution is -2.12. The molecule has 0 aliphatic carbocycles. The Morgan fingerprint density at radius 2 is 1.95 bits per heavy atom. The van der Waals surface area contributed by atoms with E-state index in [2.05, 4.69) is 40.1 Å². The first-order valence-electron chi connectivity index (χ1n) is 6.19. The number of anilines is 1. The van der Waals surface area contributed by atoms with Crippen LogP contribution >= 0.6 is 27.5 Å². The maximum absolute atomic E-state index is 12.1. The van der Waals surface area contributed by atoms with Gasteiger partial charge in [-0.3, -0.25) is 4.79 Å². The summed E-state index contributed by atoms with van der Waals surface area (Å²) in [5.41, 5.74) is 2.27. The highest BCUT2D eigenvalue weighted by Gasteiger charge is 2.10. The van der Waals surface area contributed by atoms with Crippen molar-refractivity contribution in [3.05, 3.63) is 57.3 Å². The van der Waals surface area contributed by atoms with E-state index in [1.54, 1.807) is 12.3 Å². The van der Waals surface area contributed by atoms with Crippen LogP contribution in [0.4, 0.5) is 5.69 Å². The normalized spacial score (nSPS) is 10.7. The minimum absolute atomic E-state index is 0.206. The van der Waals surface area contributed by atoms with Gasteiger partial charge in [0.1, 0.15) is 0 Å². The van der Waals surface area contributed by atoms with E-state index in [1.807, 2.05) is 24.3 Å². The van der Waals surface area contributed by atoms with Crippen molar-refractivity contribution in [2.75, 3.05) is 5.32 Å². The number of carbonyl (C=O) groups is 1. The monoisotopic (exact) mass is 352 g/mol. The van der Waals surface area contributed by atoms with Gasteiger partial charge in [-0.25, -0.2) is 4.98 Å². The van der Waals surface area contributed by atoms with Gasteiger partial charge in [-0.15, -0.1) is 0 Å². The molecule has 0 unspecified atom stereocenters. The van der Waals surface area contributed by atoms with Crippen molar-refractivity contribution in [1.82, 2.24) is 4.98 Å². The maximum Gasteiger partial charge on any atom is 0.255 e. The van der Waals surface area contributed by atoms with Crippen molar-refractivity contribution in [3.8, 4) is 0 Å². The number of hydrogen-bond donors (Lipinski definition) is 1. The highest BCUT2D eigenvalue weighted by Crippen LogP contribution is 2.23. The van der Waals surface area contributed by atoms with Gasteiger partial charge in [-0.1, -0.05) is 37.6 Å². The van der Waals surface area contributed by atoms with E-state index < -0.39 is 0 Å². The topological polar surface area (TPSA) is 42.0 Å². The van der Waals surface area contributed by atoms with Gasteiger partial charge in [0.05, 0.1) is 5.69 Å². The highest BCUT2D eigenvalue weighted by molar-refractivity contribution is 9.10. The first-order chi connectivity index (χ1) is 9.47. The van der Waals surface area contributed by atoms with E-state index in [0.717, 1.165) is 4.47 Å². The number of hydrogen-bond acceptors (Lipinski definition) is 2. The summed E-state index contributed by atoms with van der Waals surface area (Å²) >= 11 is 9.24. The molecular weight excluding hydrogens is 340 g/mol. The lowest BCUT2D eigenvalue weighted by atomic mass is 10.0. The second-order valence-corrected chi connectivity index (χ2v) is 6.00. The molecule has 3 nitrogen and oxygen atoms in total. The van der Waals surface area contributed by atoms with Crippen LogP contribution in [0, 0.1) is 0 Å². The molecule has 104 valence electrons. The van der Waals surface area contributed by atoms with Crippen molar-refractivity contribution in [1.29, 1.82) is 0 Å². The van der Waals surface area contributed by atoms with Crippen molar-refractivity contribution >= 4 is 39.1 Å². The molecule has 0 saturated heterocycles. The summed E-state index contributed by atoms with van der Waals surface area (Å²) in [5.74, 6) is 0.234. The summed E-state index contributed by atoms with van der Waals surface area (Å²) in [6.45, 7) is 4.23. The number of rotatable bonds is 3. The van der Waals surface area contributed by atoms with Gasteiger partial charge in [0.25, 0.3) is 5.91 Å². The zero-order valence-electron chi connectivity index (χ0n) is 11.2. The van der Waals surface area contributed by atoms with Crippen LogP contribution in [0.15, 0.2) is 41.0 Å². The fourth-order valence-electron chi connectivity index (χ4n) is 1.72. The predicted molar refractivity (Wildman–Crippen MR) is 85.4 cm³/mol. The Labute approximate surface area is 131 Å². The van der Waals surface area contributed by atoms with Crippen molar-refractivity contribution in [3.63, 3.8) is 0 Å². The van der Waals surface area contributed by atoms with Crippen LogP contribution in [-0.4, -0.2) is 10.9 Å². The molecular formula is C15H14BrClN2O. The van der Waals surface area contributed by atoms with Crippen LogP contribution in [0.1, 0.15) is 35.7 Å².